The summed E-state index contributed by atoms with van der Waals surface area (Å²) in [5.41, 5.74) is 4.88. The van der Waals surface area contributed by atoms with E-state index < -0.39 is 22.7 Å². The van der Waals surface area contributed by atoms with E-state index in [1.165, 1.54) is 36.3 Å². The summed E-state index contributed by atoms with van der Waals surface area (Å²) in [6.07, 6.45) is 1.90. The molecule has 11 nitrogen and oxygen atoms in total. The Kier molecular flexibility index (Phi) is 8.86. The highest BCUT2D eigenvalue weighted by molar-refractivity contribution is 8.26. The molecule has 2 N–H and O–H groups in total. The van der Waals surface area contributed by atoms with Gasteiger partial charge in [-0.25, -0.2) is 4.79 Å². The number of carbonyl (C=O) groups excluding carboxylic acids is 4. The van der Waals surface area contributed by atoms with Gasteiger partial charge < -0.3 is 4.74 Å². The van der Waals surface area contributed by atoms with Gasteiger partial charge in [0.05, 0.1) is 22.5 Å². The van der Waals surface area contributed by atoms with Crippen molar-refractivity contribution in [3.63, 3.8) is 0 Å². The molecule has 2 aromatic rings. The second kappa shape index (κ2) is 12.0. The molecule has 36 heavy (non-hydrogen) atoms. The number of methoxy groups -OCH3 is 1. The lowest BCUT2D eigenvalue weighted by Crippen LogP contribution is -2.42. The summed E-state index contributed by atoms with van der Waals surface area (Å²) in [6, 6.07) is 11.9. The number of nitrogens with one attached hydrogen (secondary N) is 2. The summed E-state index contributed by atoms with van der Waals surface area (Å²) in [4.78, 5) is 60.7. The van der Waals surface area contributed by atoms with E-state index in [4.69, 9.17) is 12.2 Å². The Bertz CT molecular complexity index is 1260. The number of hydrogen-bond acceptors (Lipinski definition) is 9. The quantitative estimate of drug-likeness (QED) is 0.173. The van der Waals surface area contributed by atoms with Crippen molar-refractivity contribution in [1.82, 2.24) is 15.8 Å². The number of esters is 1. The van der Waals surface area contributed by atoms with Crippen LogP contribution >= 0.6 is 24.0 Å². The van der Waals surface area contributed by atoms with Gasteiger partial charge in [-0.3, -0.25) is 40.2 Å². The first-order valence-electron chi connectivity index (χ1n) is 10.5. The summed E-state index contributed by atoms with van der Waals surface area (Å²) in [5.74, 6) is -2.11. The van der Waals surface area contributed by atoms with Crippen molar-refractivity contribution < 1.29 is 28.8 Å². The number of thiocarbonyl (C=S) groups is 1. The minimum atomic E-state index is -0.822. The molecular weight excluding hydrogens is 508 g/mol. The molecule has 0 unspecified atom stereocenters. The van der Waals surface area contributed by atoms with Gasteiger partial charge >= 0.3 is 5.97 Å². The van der Waals surface area contributed by atoms with Gasteiger partial charge in [-0.05, 0) is 36.3 Å². The van der Waals surface area contributed by atoms with Gasteiger partial charge in [0, 0.05) is 19.0 Å². The Balaban J connectivity index is 1.49. The molecule has 3 rings (SSSR count). The molecule has 0 atom stereocenters. The molecule has 0 spiro atoms. The predicted octanol–water partition coefficient (Wildman–Crippen LogP) is 2.82. The first-order chi connectivity index (χ1) is 17.2. The fraction of sp³-hybridized carbons (Fsp3) is 0.174. The first-order valence-corrected chi connectivity index (χ1v) is 11.7. The Morgan fingerprint density at radius 1 is 1.14 bits per heavy atom. The standard InChI is InChI=1S/C23H20N4O7S2/c1-34-22(31)15-10-8-14(9-11-15)13-18-21(30)26(23(35)36-18)12-4-7-19(28)24-25-20(29)16-5-2-3-6-17(16)27(32)33/h2-3,5-6,8-11,13H,4,7,12H2,1H3,(H,24,28)(H,25,29). The summed E-state index contributed by atoms with van der Waals surface area (Å²) >= 11 is 6.42. The molecular formula is C23H20N4O7S2. The van der Waals surface area contributed by atoms with Crippen molar-refractivity contribution in [1.29, 1.82) is 0 Å². The van der Waals surface area contributed by atoms with Crippen molar-refractivity contribution in [3.05, 3.63) is 80.2 Å². The SMILES string of the molecule is COC(=O)c1ccc(C=C2SC(=S)N(CCCC(=O)NNC(=O)c3ccccc3[N+](=O)[O-])C2=O)cc1. The van der Waals surface area contributed by atoms with Crippen LogP contribution in [0.4, 0.5) is 5.69 Å². The highest BCUT2D eigenvalue weighted by atomic mass is 32.2. The average Bonchev–Trinajstić information content (AvgIpc) is 3.14. The molecule has 0 bridgehead atoms. The normalized spacial score (nSPS) is 14.0. The van der Waals surface area contributed by atoms with Gasteiger partial charge in [0.25, 0.3) is 17.5 Å². The van der Waals surface area contributed by atoms with Gasteiger partial charge in [-0.15, -0.1) is 0 Å². The van der Waals surface area contributed by atoms with E-state index in [0.29, 0.717) is 20.4 Å². The monoisotopic (exact) mass is 528 g/mol. The lowest BCUT2D eigenvalue weighted by Gasteiger charge is -2.14. The van der Waals surface area contributed by atoms with Crippen LogP contribution in [0.25, 0.3) is 6.08 Å². The maximum Gasteiger partial charge on any atom is 0.337 e. The van der Waals surface area contributed by atoms with Gasteiger partial charge in [0.15, 0.2) is 0 Å². The molecule has 0 saturated carbocycles. The minimum absolute atomic E-state index is 0.0255. The molecule has 2 aromatic carbocycles. The Morgan fingerprint density at radius 2 is 1.83 bits per heavy atom. The summed E-state index contributed by atoms with van der Waals surface area (Å²) in [5, 5.41) is 11.0. The highest BCUT2D eigenvalue weighted by Crippen LogP contribution is 2.32. The second-order valence-electron chi connectivity index (χ2n) is 7.33. The maximum absolute atomic E-state index is 12.7. The zero-order chi connectivity index (χ0) is 26.2. The smallest absolute Gasteiger partial charge is 0.337 e. The molecule has 1 fully saturated rings. The number of nitro groups is 1. The molecule has 1 heterocycles. The average molecular weight is 529 g/mol. The third-order valence-electron chi connectivity index (χ3n) is 4.95. The number of nitrogens with zero attached hydrogens (tertiary/aromatic N) is 2. The number of hydrazine groups is 1. The lowest BCUT2D eigenvalue weighted by atomic mass is 10.1. The fourth-order valence-corrected chi connectivity index (χ4v) is 4.46. The fourth-order valence-electron chi connectivity index (χ4n) is 3.16. The molecule has 1 aliphatic heterocycles. The lowest BCUT2D eigenvalue weighted by molar-refractivity contribution is -0.385. The molecule has 0 aliphatic carbocycles. The van der Waals surface area contributed by atoms with Crippen LogP contribution in [-0.2, 0) is 14.3 Å². The van der Waals surface area contributed by atoms with Gasteiger partial charge in [0.1, 0.15) is 9.88 Å². The van der Waals surface area contributed by atoms with Gasteiger partial charge in [-0.1, -0.05) is 48.2 Å². The number of benzene rings is 2. The molecule has 0 aromatic heterocycles. The third kappa shape index (κ3) is 6.52. The van der Waals surface area contributed by atoms with E-state index in [0.717, 1.165) is 11.8 Å². The van der Waals surface area contributed by atoms with Crippen LogP contribution in [0, 0.1) is 10.1 Å². The van der Waals surface area contributed by atoms with Crippen LogP contribution in [0.15, 0.2) is 53.4 Å². The highest BCUT2D eigenvalue weighted by Gasteiger charge is 2.31. The van der Waals surface area contributed by atoms with E-state index in [-0.39, 0.29) is 36.5 Å². The van der Waals surface area contributed by atoms with E-state index in [1.54, 1.807) is 30.3 Å². The number of thioether (sulfide) groups is 1. The number of carbonyl (C=O) groups is 4. The third-order valence-corrected chi connectivity index (χ3v) is 6.33. The number of nitro benzene ring substituents is 1. The zero-order valence-corrected chi connectivity index (χ0v) is 20.5. The van der Waals surface area contributed by atoms with Crippen LogP contribution in [0.3, 0.4) is 0 Å². The Morgan fingerprint density at radius 3 is 2.50 bits per heavy atom. The molecule has 0 radical (unpaired) electrons. The summed E-state index contributed by atoms with van der Waals surface area (Å²) < 4.78 is 5.01. The van der Waals surface area contributed by atoms with Crippen molar-refractivity contribution in [2.24, 2.45) is 0 Å². The van der Waals surface area contributed by atoms with Gasteiger partial charge in [-0.2, -0.15) is 0 Å². The van der Waals surface area contributed by atoms with Crippen molar-refractivity contribution >= 4 is 63.8 Å². The van der Waals surface area contributed by atoms with E-state index in [9.17, 15) is 29.3 Å². The van der Waals surface area contributed by atoms with Crippen molar-refractivity contribution in [2.45, 2.75) is 12.8 Å². The predicted molar refractivity (Wildman–Crippen MR) is 136 cm³/mol. The van der Waals surface area contributed by atoms with Crippen LogP contribution in [0.2, 0.25) is 0 Å². The first kappa shape index (κ1) is 26.5. The largest absolute Gasteiger partial charge is 0.465 e. The van der Waals surface area contributed by atoms with E-state index in [2.05, 4.69) is 15.6 Å². The second-order valence-corrected chi connectivity index (χ2v) is 9.00. The van der Waals surface area contributed by atoms with E-state index in [1.807, 2.05) is 0 Å². The van der Waals surface area contributed by atoms with Gasteiger partial charge in [0.2, 0.25) is 5.91 Å². The van der Waals surface area contributed by atoms with E-state index >= 15 is 0 Å². The molecule has 1 saturated heterocycles. The van der Waals surface area contributed by atoms with Crippen LogP contribution in [-0.4, -0.2) is 51.5 Å². The molecule has 13 heteroatoms. The minimum Gasteiger partial charge on any atom is -0.465 e. The van der Waals surface area contributed by atoms with Crippen LogP contribution in [0.5, 0.6) is 0 Å². The topological polar surface area (TPSA) is 148 Å². The van der Waals surface area contributed by atoms with Crippen LogP contribution in [0.1, 0.15) is 39.1 Å². The molecule has 186 valence electrons. The number of rotatable bonds is 8. The number of hydrogen-bond donors (Lipinski definition) is 2. The van der Waals surface area contributed by atoms with Crippen LogP contribution < -0.4 is 10.9 Å². The number of amides is 3. The summed E-state index contributed by atoms with van der Waals surface area (Å²) in [6.45, 7) is 0.189. The van der Waals surface area contributed by atoms with Crippen molar-refractivity contribution in [2.75, 3.05) is 13.7 Å². The molecule has 1 aliphatic rings. The van der Waals surface area contributed by atoms with Crippen molar-refractivity contribution in [3.8, 4) is 0 Å². The Labute approximate surface area is 215 Å². The zero-order valence-electron chi connectivity index (χ0n) is 18.9. The number of para-hydroxylation sites is 1. The summed E-state index contributed by atoms with van der Waals surface area (Å²) in [7, 11) is 1.29. The Hall–Kier alpha value is -4.10. The maximum atomic E-state index is 12.7. The number of ether oxygens (including phenoxy) is 1. The molecule has 3 amide bonds.